The highest BCUT2D eigenvalue weighted by atomic mass is 16.6. The lowest BCUT2D eigenvalue weighted by atomic mass is 9.91. The molecule has 1 aliphatic rings. The molecule has 114 valence electrons. The topological polar surface area (TPSA) is 107 Å². The number of nitrogens with two attached hydrogens (primary N) is 1. The van der Waals surface area contributed by atoms with Crippen LogP contribution in [0.15, 0.2) is 18.2 Å². The maximum absolute atomic E-state index is 12.3. The highest BCUT2D eigenvalue weighted by Crippen LogP contribution is 2.30. The fraction of sp³-hybridized carbons (Fsp3) is 0.500. The van der Waals surface area contributed by atoms with Crippen molar-refractivity contribution < 1.29 is 14.5 Å². The molecule has 1 amide bonds. The molecule has 0 atom stereocenters. The maximum Gasteiger partial charge on any atom is 0.311 e. The predicted molar refractivity (Wildman–Crippen MR) is 77.3 cm³/mol. The Bertz CT molecular complexity index is 539. The molecule has 0 bridgehead atoms. The minimum atomic E-state index is -0.560. The summed E-state index contributed by atoms with van der Waals surface area (Å²) in [5.74, 6) is -0.358. The number of nitro groups is 1. The highest BCUT2D eigenvalue weighted by molar-refractivity contribution is 5.98. The van der Waals surface area contributed by atoms with E-state index in [4.69, 9.17) is 10.5 Å². The number of hydrogen-bond acceptors (Lipinski definition) is 5. The molecule has 0 radical (unpaired) electrons. The van der Waals surface area contributed by atoms with Crippen molar-refractivity contribution in [1.29, 1.82) is 0 Å². The Morgan fingerprint density at radius 1 is 1.38 bits per heavy atom. The molecule has 0 heterocycles. The van der Waals surface area contributed by atoms with E-state index in [0.29, 0.717) is 0 Å². The van der Waals surface area contributed by atoms with Gasteiger partial charge >= 0.3 is 5.69 Å². The molecule has 2 rings (SSSR count). The van der Waals surface area contributed by atoms with Crippen LogP contribution in [-0.4, -0.2) is 30.0 Å². The van der Waals surface area contributed by atoms with Crippen LogP contribution in [0.4, 0.5) is 5.69 Å². The Hall–Kier alpha value is -2.15. The molecule has 1 saturated carbocycles. The van der Waals surface area contributed by atoms with E-state index >= 15 is 0 Å². The molecule has 1 aromatic carbocycles. The quantitative estimate of drug-likeness (QED) is 0.647. The highest BCUT2D eigenvalue weighted by Gasteiger charge is 2.25. The third-order valence-electron chi connectivity index (χ3n) is 3.75. The fourth-order valence-corrected chi connectivity index (χ4v) is 2.59. The number of amides is 1. The van der Waals surface area contributed by atoms with Crippen LogP contribution in [0.25, 0.3) is 0 Å². The number of para-hydroxylation sites is 1. The number of hydrogen-bond donors (Lipinski definition) is 2. The summed E-state index contributed by atoms with van der Waals surface area (Å²) in [7, 11) is 1.32. The zero-order chi connectivity index (χ0) is 15.4. The second kappa shape index (κ2) is 6.53. The monoisotopic (exact) mass is 293 g/mol. The van der Waals surface area contributed by atoms with E-state index in [-0.39, 0.29) is 35.0 Å². The van der Waals surface area contributed by atoms with E-state index in [9.17, 15) is 14.9 Å². The van der Waals surface area contributed by atoms with Crippen LogP contribution in [0, 0.1) is 10.1 Å². The SMILES string of the molecule is COc1c(C(=O)NC2CCC(N)CC2)cccc1[N+](=O)[O-]. The summed E-state index contributed by atoms with van der Waals surface area (Å²) < 4.78 is 5.04. The third-order valence-corrected chi connectivity index (χ3v) is 3.75. The molecule has 7 nitrogen and oxygen atoms in total. The van der Waals surface area contributed by atoms with Crippen LogP contribution in [0.5, 0.6) is 5.75 Å². The van der Waals surface area contributed by atoms with Crippen LogP contribution < -0.4 is 15.8 Å². The Labute approximate surface area is 122 Å². The minimum absolute atomic E-state index is 0.00693. The summed E-state index contributed by atoms with van der Waals surface area (Å²) in [6, 6.07) is 4.57. The normalized spacial score (nSPS) is 21.6. The largest absolute Gasteiger partial charge is 0.490 e. The molecular formula is C14H19N3O4. The van der Waals surface area contributed by atoms with E-state index in [1.807, 2.05) is 0 Å². The van der Waals surface area contributed by atoms with Crippen LogP contribution in [0.3, 0.4) is 0 Å². The Morgan fingerprint density at radius 2 is 2.05 bits per heavy atom. The molecule has 0 aromatic heterocycles. The van der Waals surface area contributed by atoms with Crippen LogP contribution in [0.1, 0.15) is 36.0 Å². The molecule has 0 spiro atoms. The van der Waals surface area contributed by atoms with Gasteiger partial charge in [0.25, 0.3) is 5.91 Å². The number of ether oxygens (including phenoxy) is 1. The zero-order valence-electron chi connectivity index (χ0n) is 11.9. The molecule has 0 aliphatic heterocycles. The first-order chi connectivity index (χ1) is 10.0. The maximum atomic E-state index is 12.3. The standard InChI is InChI=1S/C14H19N3O4/c1-21-13-11(3-2-4-12(13)17(19)20)14(18)16-10-7-5-9(15)6-8-10/h2-4,9-10H,5-8,15H2,1H3,(H,16,18). The summed E-state index contributed by atoms with van der Waals surface area (Å²) in [4.78, 5) is 22.7. The van der Waals surface area contributed by atoms with Gasteiger partial charge in [-0.05, 0) is 31.7 Å². The van der Waals surface area contributed by atoms with Gasteiger partial charge in [-0.2, -0.15) is 0 Å². The molecule has 1 fully saturated rings. The van der Waals surface area contributed by atoms with Gasteiger partial charge in [0.1, 0.15) is 0 Å². The van der Waals surface area contributed by atoms with Gasteiger partial charge in [0.2, 0.25) is 5.75 Å². The Kier molecular flexibility index (Phi) is 4.74. The molecule has 1 aromatic rings. The minimum Gasteiger partial charge on any atom is -0.490 e. The van der Waals surface area contributed by atoms with Gasteiger partial charge in [-0.15, -0.1) is 0 Å². The first-order valence-corrected chi connectivity index (χ1v) is 6.90. The summed E-state index contributed by atoms with van der Waals surface area (Å²) in [5, 5.41) is 13.9. The fourth-order valence-electron chi connectivity index (χ4n) is 2.59. The molecule has 0 saturated heterocycles. The first-order valence-electron chi connectivity index (χ1n) is 6.90. The van der Waals surface area contributed by atoms with Crippen molar-refractivity contribution in [2.75, 3.05) is 7.11 Å². The van der Waals surface area contributed by atoms with Gasteiger partial charge in [-0.25, -0.2) is 0 Å². The second-order valence-corrected chi connectivity index (χ2v) is 5.20. The number of rotatable bonds is 4. The average Bonchev–Trinajstić information content (AvgIpc) is 2.48. The molecular weight excluding hydrogens is 274 g/mol. The Morgan fingerprint density at radius 3 is 2.62 bits per heavy atom. The van der Waals surface area contributed by atoms with Crippen LogP contribution in [0.2, 0.25) is 0 Å². The predicted octanol–water partition coefficient (Wildman–Crippen LogP) is 1.60. The van der Waals surface area contributed by atoms with E-state index < -0.39 is 4.92 Å². The van der Waals surface area contributed by atoms with Crippen molar-refractivity contribution in [1.82, 2.24) is 5.32 Å². The molecule has 21 heavy (non-hydrogen) atoms. The van der Waals surface area contributed by atoms with Crippen molar-refractivity contribution in [2.24, 2.45) is 5.73 Å². The van der Waals surface area contributed by atoms with Crippen LogP contribution in [-0.2, 0) is 0 Å². The van der Waals surface area contributed by atoms with Gasteiger partial charge in [-0.1, -0.05) is 6.07 Å². The van der Waals surface area contributed by atoms with Crippen molar-refractivity contribution in [3.63, 3.8) is 0 Å². The average molecular weight is 293 g/mol. The van der Waals surface area contributed by atoms with Gasteiger partial charge in [0, 0.05) is 18.2 Å². The third kappa shape index (κ3) is 3.49. The van der Waals surface area contributed by atoms with Crippen molar-refractivity contribution in [2.45, 2.75) is 37.8 Å². The van der Waals surface area contributed by atoms with E-state index in [1.165, 1.54) is 25.3 Å². The summed E-state index contributed by atoms with van der Waals surface area (Å²) in [6.07, 6.45) is 3.39. The number of nitro benzene ring substituents is 1. The first kappa shape index (κ1) is 15.2. The molecule has 1 aliphatic carbocycles. The summed E-state index contributed by atoms with van der Waals surface area (Å²) in [5.41, 5.74) is 5.80. The number of nitrogens with zero attached hydrogens (tertiary/aromatic N) is 1. The second-order valence-electron chi connectivity index (χ2n) is 5.20. The Balaban J connectivity index is 2.15. The zero-order valence-corrected chi connectivity index (χ0v) is 11.9. The number of methoxy groups -OCH3 is 1. The number of carbonyl (C=O) groups is 1. The lowest BCUT2D eigenvalue weighted by Gasteiger charge is -2.26. The molecule has 0 unspecified atom stereocenters. The molecule has 7 heteroatoms. The van der Waals surface area contributed by atoms with Gasteiger partial charge in [-0.3, -0.25) is 14.9 Å². The number of benzene rings is 1. The van der Waals surface area contributed by atoms with Crippen LogP contribution >= 0.6 is 0 Å². The lowest BCUT2D eigenvalue weighted by Crippen LogP contribution is -2.40. The van der Waals surface area contributed by atoms with E-state index in [0.717, 1.165) is 25.7 Å². The molecule has 3 N–H and O–H groups in total. The van der Waals surface area contributed by atoms with Crippen molar-refractivity contribution >= 4 is 11.6 Å². The van der Waals surface area contributed by atoms with E-state index in [2.05, 4.69) is 5.32 Å². The van der Waals surface area contributed by atoms with Gasteiger partial charge in [0.15, 0.2) is 0 Å². The smallest absolute Gasteiger partial charge is 0.311 e. The van der Waals surface area contributed by atoms with Crippen molar-refractivity contribution in [3.05, 3.63) is 33.9 Å². The van der Waals surface area contributed by atoms with E-state index in [1.54, 1.807) is 0 Å². The van der Waals surface area contributed by atoms with Gasteiger partial charge < -0.3 is 15.8 Å². The lowest BCUT2D eigenvalue weighted by molar-refractivity contribution is -0.385. The number of carbonyl (C=O) groups excluding carboxylic acids is 1. The summed E-state index contributed by atoms with van der Waals surface area (Å²) >= 11 is 0. The van der Waals surface area contributed by atoms with Gasteiger partial charge in [0.05, 0.1) is 17.6 Å². The summed E-state index contributed by atoms with van der Waals surface area (Å²) in [6.45, 7) is 0. The number of nitrogens with one attached hydrogen (secondary N) is 1. The van der Waals surface area contributed by atoms with Crippen molar-refractivity contribution in [3.8, 4) is 5.75 Å².